The first-order chi connectivity index (χ1) is 10.0. The molecule has 0 aliphatic heterocycles. The predicted octanol–water partition coefficient (Wildman–Crippen LogP) is 2.64. The van der Waals surface area contributed by atoms with Crippen molar-refractivity contribution in [1.82, 2.24) is 9.78 Å². The smallest absolute Gasteiger partial charge is 0.118 e. The second-order valence-corrected chi connectivity index (χ2v) is 5.65. The van der Waals surface area contributed by atoms with E-state index in [-0.39, 0.29) is 6.04 Å². The number of aryl methyl sites for hydroxylation is 3. The molecule has 1 atom stereocenters. The molecule has 0 amide bonds. The standard InChI is InChI=1S/C17H25N3O/c1-12(18)11-17-13(2)19-20(14(17)3)10-9-15-5-7-16(21-4)8-6-15/h5-8,12H,9-11,18H2,1-4H3. The van der Waals surface area contributed by atoms with Crippen LogP contribution in [0.2, 0.25) is 0 Å². The summed E-state index contributed by atoms with van der Waals surface area (Å²) in [5.41, 5.74) is 10.8. The van der Waals surface area contributed by atoms with E-state index in [9.17, 15) is 0 Å². The molecule has 4 heteroatoms. The Labute approximate surface area is 126 Å². The van der Waals surface area contributed by atoms with Crippen LogP contribution in [0.4, 0.5) is 0 Å². The first-order valence-corrected chi connectivity index (χ1v) is 7.42. The summed E-state index contributed by atoms with van der Waals surface area (Å²) in [6.45, 7) is 7.12. The molecule has 0 fully saturated rings. The summed E-state index contributed by atoms with van der Waals surface area (Å²) in [4.78, 5) is 0. The van der Waals surface area contributed by atoms with Gasteiger partial charge >= 0.3 is 0 Å². The molecule has 2 rings (SSSR count). The molecule has 21 heavy (non-hydrogen) atoms. The second kappa shape index (κ2) is 6.76. The Kier molecular flexibility index (Phi) is 5.02. The third-order valence-electron chi connectivity index (χ3n) is 3.83. The fraction of sp³-hybridized carbons (Fsp3) is 0.471. The van der Waals surface area contributed by atoms with E-state index in [0.29, 0.717) is 0 Å². The van der Waals surface area contributed by atoms with Gasteiger partial charge in [-0.05, 0) is 56.9 Å². The number of aromatic nitrogens is 2. The van der Waals surface area contributed by atoms with Crippen LogP contribution in [0.1, 0.15) is 29.4 Å². The number of nitrogens with two attached hydrogens (primary N) is 1. The molecule has 0 aliphatic carbocycles. The topological polar surface area (TPSA) is 53.1 Å². The van der Waals surface area contributed by atoms with E-state index in [1.54, 1.807) is 7.11 Å². The molecule has 0 aliphatic rings. The van der Waals surface area contributed by atoms with Gasteiger partial charge in [0.05, 0.1) is 12.8 Å². The van der Waals surface area contributed by atoms with Gasteiger partial charge in [-0.15, -0.1) is 0 Å². The van der Waals surface area contributed by atoms with Gasteiger partial charge in [0.15, 0.2) is 0 Å². The Hall–Kier alpha value is -1.81. The summed E-state index contributed by atoms with van der Waals surface area (Å²) in [6, 6.07) is 8.37. The molecule has 0 spiro atoms. The average molecular weight is 287 g/mol. The normalized spacial score (nSPS) is 12.4. The number of benzene rings is 1. The van der Waals surface area contributed by atoms with Crippen LogP contribution in [0.15, 0.2) is 24.3 Å². The van der Waals surface area contributed by atoms with E-state index >= 15 is 0 Å². The van der Waals surface area contributed by atoms with E-state index in [2.05, 4.69) is 35.8 Å². The van der Waals surface area contributed by atoms with Gasteiger partial charge in [-0.3, -0.25) is 4.68 Å². The Balaban J connectivity index is 2.05. The summed E-state index contributed by atoms with van der Waals surface area (Å²) in [5, 5.41) is 4.65. The average Bonchev–Trinajstić information content (AvgIpc) is 2.73. The number of nitrogens with zero attached hydrogens (tertiary/aromatic N) is 2. The van der Waals surface area contributed by atoms with Gasteiger partial charge in [-0.1, -0.05) is 12.1 Å². The molecule has 4 nitrogen and oxygen atoms in total. The molecule has 2 N–H and O–H groups in total. The maximum absolute atomic E-state index is 5.91. The Morgan fingerprint density at radius 1 is 1.24 bits per heavy atom. The van der Waals surface area contributed by atoms with Gasteiger partial charge in [-0.25, -0.2) is 0 Å². The molecule has 0 saturated carbocycles. The molecule has 1 unspecified atom stereocenters. The molecular formula is C17H25N3O. The van der Waals surface area contributed by atoms with E-state index in [1.165, 1.54) is 16.8 Å². The van der Waals surface area contributed by atoms with Gasteiger partial charge in [-0.2, -0.15) is 5.10 Å². The fourth-order valence-electron chi connectivity index (χ4n) is 2.60. The molecule has 1 aromatic heterocycles. The van der Waals surface area contributed by atoms with Crippen molar-refractivity contribution in [2.45, 2.75) is 46.2 Å². The van der Waals surface area contributed by atoms with Crippen molar-refractivity contribution < 1.29 is 4.74 Å². The van der Waals surface area contributed by atoms with Crippen LogP contribution in [-0.4, -0.2) is 22.9 Å². The third kappa shape index (κ3) is 3.85. The first kappa shape index (κ1) is 15.6. The van der Waals surface area contributed by atoms with Crippen LogP contribution in [-0.2, 0) is 19.4 Å². The highest BCUT2D eigenvalue weighted by atomic mass is 16.5. The van der Waals surface area contributed by atoms with Crippen LogP contribution in [0.3, 0.4) is 0 Å². The quantitative estimate of drug-likeness (QED) is 0.888. The summed E-state index contributed by atoms with van der Waals surface area (Å²) >= 11 is 0. The van der Waals surface area contributed by atoms with E-state index in [0.717, 1.165) is 30.8 Å². The van der Waals surface area contributed by atoms with Crippen LogP contribution >= 0.6 is 0 Å². The monoisotopic (exact) mass is 287 g/mol. The van der Waals surface area contributed by atoms with Crippen molar-refractivity contribution in [3.05, 3.63) is 46.8 Å². The highest BCUT2D eigenvalue weighted by Gasteiger charge is 2.12. The van der Waals surface area contributed by atoms with Crippen molar-refractivity contribution in [2.24, 2.45) is 5.73 Å². The maximum Gasteiger partial charge on any atom is 0.118 e. The summed E-state index contributed by atoms with van der Waals surface area (Å²) in [7, 11) is 1.69. The summed E-state index contributed by atoms with van der Waals surface area (Å²) in [5.74, 6) is 0.893. The number of hydrogen-bond donors (Lipinski definition) is 1. The second-order valence-electron chi connectivity index (χ2n) is 5.65. The maximum atomic E-state index is 5.91. The first-order valence-electron chi connectivity index (χ1n) is 7.42. The lowest BCUT2D eigenvalue weighted by atomic mass is 10.1. The molecule has 0 radical (unpaired) electrons. The van der Waals surface area contributed by atoms with Crippen molar-refractivity contribution >= 4 is 0 Å². The summed E-state index contributed by atoms with van der Waals surface area (Å²) in [6.07, 6.45) is 1.85. The van der Waals surface area contributed by atoms with Crippen molar-refractivity contribution in [3.8, 4) is 5.75 Å². The van der Waals surface area contributed by atoms with E-state index < -0.39 is 0 Å². The Morgan fingerprint density at radius 3 is 2.48 bits per heavy atom. The minimum Gasteiger partial charge on any atom is -0.497 e. The largest absolute Gasteiger partial charge is 0.497 e. The van der Waals surface area contributed by atoms with Crippen molar-refractivity contribution in [3.63, 3.8) is 0 Å². The van der Waals surface area contributed by atoms with E-state index in [4.69, 9.17) is 10.5 Å². The minimum absolute atomic E-state index is 0.168. The van der Waals surface area contributed by atoms with Crippen molar-refractivity contribution in [2.75, 3.05) is 7.11 Å². The zero-order valence-corrected chi connectivity index (χ0v) is 13.4. The molecule has 0 bridgehead atoms. The lowest BCUT2D eigenvalue weighted by Crippen LogP contribution is -2.18. The van der Waals surface area contributed by atoms with Gasteiger partial charge in [0.1, 0.15) is 5.75 Å². The lowest BCUT2D eigenvalue weighted by molar-refractivity contribution is 0.414. The summed E-state index contributed by atoms with van der Waals surface area (Å²) < 4.78 is 7.27. The Morgan fingerprint density at radius 2 is 1.90 bits per heavy atom. The zero-order valence-electron chi connectivity index (χ0n) is 13.4. The fourth-order valence-corrected chi connectivity index (χ4v) is 2.60. The SMILES string of the molecule is COc1ccc(CCn2nc(C)c(CC(C)N)c2C)cc1. The van der Waals surface area contributed by atoms with Gasteiger partial charge in [0.25, 0.3) is 0 Å². The molecule has 1 aromatic carbocycles. The molecular weight excluding hydrogens is 262 g/mol. The highest BCUT2D eigenvalue weighted by Crippen LogP contribution is 2.16. The van der Waals surface area contributed by atoms with Crippen LogP contribution in [0, 0.1) is 13.8 Å². The molecule has 114 valence electrons. The molecule has 1 heterocycles. The number of methoxy groups -OCH3 is 1. The van der Waals surface area contributed by atoms with Crippen molar-refractivity contribution in [1.29, 1.82) is 0 Å². The van der Waals surface area contributed by atoms with Gasteiger partial charge in [0.2, 0.25) is 0 Å². The number of ether oxygens (including phenoxy) is 1. The van der Waals surface area contributed by atoms with Gasteiger partial charge < -0.3 is 10.5 Å². The number of hydrogen-bond acceptors (Lipinski definition) is 3. The number of rotatable bonds is 6. The minimum atomic E-state index is 0.168. The van der Waals surface area contributed by atoms with Gasteiger partial charge in [0, 0.05) is 18.3 Å². The van der Waals surface area contributed by atoms with Crippen LogP contribution < -0.4 is 10.5 Å². The van der Waals surface area contributed by atoms with Crippen LogP contribution in [0.5, 0.6) is 5.75 Å². The Bertz CT molecular complexity index is 585. The molecule has 2 aromatic rings. The van der Waals surface area contributed by atoms with Crippen LogP contribution in [0.25, 0.3) is 0 Å². The lowest BCUT2D eigenvalue weighted by Gasteiger charge is -2.08. The highest BCUT2D eigenvalue weighted by molar-refractivity contribution is 5.28. The van der Waals surface area contributed by atoms with E-state index in [1.807, 2.05) is 19.1 Å². The predicted molar refractivity (Wildman–Crippen MR) is 85.8 cm³/mol. The third-order valence-corrected chi connectivity index (χ3v) is 3.83. The molecule has 0 saturated heterocycles. The zero-order chi connectivity index (χ0) is 15.4.